The predicted octanol–water partition coefficient (Wildman–Crippen LogP) is -6.18. The van der Waals surface area contributed by atoms with Gasteiger partial charge in [-0.2, -0.15) is 0 Å². The first kappa shape index (κ1) is 26.5. The van der Waals surface area contributed by atoms with Crippen molar-refractivity contribution in [3.05, 3.63) is 30.3 Å². The van der Waals surface area contributed by atoms with E-state index in [0.717, 1.165) is 0 Å². The van der Waals surface area contributed by atoms with Gasteiger partial charge in [0.25, 0.3) is 0 Å². The summed E-state index contributed by atoms with van der Waals surface area (Å²) in [6, 6.07) is 9.06. The molecule has 1 atom stereocenters. The van der Waals surface area contributed by atoms with E-state index in [0.29, 0.717) is 25.2 Å². The first-order chi connectivity index (χ1) is 9.71. The molecule has 0 aliphatic carbocycles. The third-order valence-electron chi connectivity index (χ3n) is 2.53. The van der Waals surface area contributed by atoms with E-state index in [1.807, 2.05) is 18.2 Å². The van der Waals surface area contributed by atoms with Crippen LogP contribution in [0.25, 0.3) is 0 Å². The number of benzene rings is 1. The second kappa shape index (κ2) is 12.6. The van der Waals surface area contributed by atoms with Crippen molar-refractivity contribution in [3.8, 4) is 5.75 Å². The Labute approximate surface area is 179 Å². The Hall–Kier alpha value is 1.28. The number of para-hydroxylation sites is 1. The topological polar surface area (TPSA) is 142 Å². The summed E-state index contributed by atoms with van der Waals surface area (Å²) >= 11 is 0. The number of unbranched alkanes of at least 4 members (excludes halogenated alkanes) is 1. The third kappa shape index (κ3) is 11.5. The van der Waals surface area contributed by atoms with E-state index in [4.69, 9.17) is 14.5 Å². The Balaban J connectivity index is 0. The van der Waals surface area contributed by atoms with Crippen molar-refractivity contribution in [2.24, 2.45) is 0 Å². The van der Waals surface area contributed by atoms with Crippen LogP contribution >= 0.6 is 15.2 Å². The van der Waals surface area contributed by atoms with Crippen LogP contribution in [-0.4, -0.2) is 28.5 Å². The van der Waals surface area contributed by atoms with E-state index < -0.39 is 20.7 Å². The standard InChI is InChI=1S/C11H19NO7P2.2Na/c13-20(14,15)11(21(16,17)18)12-8-4-5-9-19-10-6-2-1-3-7-10;;/h1-3,6-7,11-12H,4-5,8-9H2,(H2,13,14,15)(H2,16,17,18);;/q;2*+1/p-2. The summed E-state index contributed by atoms with van der Waals surface area (Å²) in [5.41, 5.74) is -2.37. The molecule has 0 aromatic heterocycles. The van der Waals surface area contributed by atoms with Crippen molar-refractivity contribution >= 4 is 15.2 Å². The normalized spacial score (nSPS) is 12.7. The van der Waals surface area contributed by atoms with Gasteiger partial charge in [0.05, 0.1) is 6.61 Å². The molecule has 0 heterocycles. The molecule has 0 saturated carbocycles. The first-order valence-corrected chi connectivity index (χ1v) is 9.49. The fourth-order valence-corrected chi connectivity index (χ4v) is 3.77. The average Bonchev–Trinajstić information content (AvgIpc) is 2.35. The fraction of sp³-hybridized carbons (Fsp3) is 0.455. The van der Waals surface area contributed by atoms with E-state index in [2.05, 4.69) is 5.32 Å². The zero-order chi connectivity index (χ0) is 15.9. The molecule has 0 spiro atoms. The summed E-state index contributed by atoms with van der Waals surface area (Å²) in [5, 5.41) is 2.09. The van der Waals surface area contributed by atoms with E-state index in [9.17, 15) is 18.9 Å². The van der Waals surface area contributed by atoms with Crippen LogP contribution in [0.1, 0.15) is 12.8 Å². The molecule has 0 bridgehead atoms. The van der Waals surface area contributed by atoms with Crippen molar-refractivity contribution < 1.29 is 92.6 Å². The molecule has 1 aromatic rings. The largest absolute Gasteiger partial charge is 1.00 e. The van der Waals surface area contributed by atoms with Crippen LogP contribution in [0.4, 0.5) is 0 Å². The SMILES string of the molecule is O=P([O-])([O-])C(NCCCCOc1ccccc1)P(=O)(O)O.[Na+].[Na+]. The smallest absolute Gasteiger partial charge is 0.809 e. The van der Waals surface area contributed by atoms with Gasteiger partial charge in [-0.25, -0.2) is 0 Å². The van der Waals surface area contributed by atoms with E-state index in [1.165, 1.54) is 0 Å². The minimum absolute atomic E-state index is 0. The van der Waals surface area contributed by atoms with Gasteiger partial charge >= 0.3 is 66.7 Å². The van der Waals surface area contributed by atoms with E-state index in [1.54, 1.807) is 12.1 Å². The van der Waals surface area contributed by atoms with Crippen LogP contribution < -0.4 is 79.0 Å². The maximum absolute atomic E-state index is 10.9. The Morgan fingerprint density at radius 2 is 1.65 bits per heavy atom. The predicted molar refractivity (Wildman–Crippen MR) is 72.6 cm³/mol. The van der Waals surface area contributed by atoms with Crippen LogP contribution in [0.2, 0.25) is 0 Å². The Bertz CT molecular complexity index is 500. The Kier molecular flexibility index (Phi) is 14.5. The molecule has 1 aromatic carbocycles. The third-order valence-corrected chi connectivity index (χ3v) is 5.88. The molecule has 0 aliphatic rings. The molecule has 0 saturated heterocycles. The molecule has 0 amide bonds. The van der Waals surface area contributed by atoms with Crippen molar-refractivity contribution in [1.29, 1.82) is 0 Å². The molecular formula is C11H17NNa2O7P2. The molecule has 0 fully saturated rings. The molecule has 12 heteroatoms. The first-order valence-electron chi connectivity index (χ1n) is 6.19. The van der Waals surface area contributed by atoms with Gasteiger partial charge in [0.1, 0.15) is 11.3 Å². The second-order valence-electron chi connectivity index (χ2n) is 4.33. The Morgan fingerprint density at radius 1 is 1.09 bits per heavy atom. The molecule has 1 rings (SSSR count). The average molecular weight is 383 g/mol. The van der Waals surface area contributed by atoms with Crippen molar-refractivity contribution in [3.63, 3.8) is 0 Å². The van der Waals surface area contributed by atoms with Gasteiger partial charge in [-0.3, -0.25) is 9.88 Å². The molecule has 0 radical (unpaired) electrons. The molecule has 23 heavy (non-hydrogen) atoms. The van der Waals surface area contributed by atoms with Crippen LogP contribution in [0, 0.1) is 0 Å². The van der Waals surface area contributed by atoms with Crippen molar-refractivity contribution in [2.75, 3.05) is 13.2 Å². The molecule has 0 aliphatic heterocycles. The maximum Gasteiger partial charge on any atom is 1.00 e. The zero-order valence-electron chi connectivity index (χ0n) is 13.1. The van der Waals surface area contributed by atoms with E-state index >= 15 is 0 Å². The monoisotopic (exact) mass is 383 g/mol. The van der Waals surface area contributed by atoms with Gasteiger partial charge in [0.2, 0.25) is 0 Å². The molecule has 120 valence electrons. The van der Waals surface area contributed by atoms with Crippen LogP contribution in [0.15, 0.2) is 30.3 Å². The summed E-state index contributed by atoms with van der Waals surface area (Å²) in [4.78, 5) is 39.2. The number of rotatable bonds is 9. The van der Waals surface area contributed by atoms with Crippen LogP contribution in [0.5, 0.6) is 5.75 Å². The van der Waals surface area contributed by atoms with Gasteiger partial charge in [-0.05, 0) is 39.1 Å². The second-order valence-corrected chi connectivity index (χ2v) is 8.02. The molecule has 3 N–H and O–H groups in total. The summed E-state index contributed by atoms with van der Waals surface area (Å²) in [6.07, 6.45) is 0.946. The minimum Gasteiger partial charge on any atom is -0.809 e. The van der Waals surface area contributed by atoms with Gasteiger partial charge in [0.15, 0.2) is 0 Å². The molecular weight excluding hydrogens is 366 g/mol. The van der Waals surface area contributed by atoms with Gasteiger partial charge in [-0.1, -0.05) is 18.2 Å². The number of ether oxygens (including phenoxy) is 1. The van der Waals surface area contributed by atoms with Gasteiger partial charge in [0, 0.05) is 0 Å². The molecule has 1 unspecified atom stereocenters. The van der Waals surface area contributed by atoms with Gasteiger partial charge < -0.3 is 28.9 Å². The Morgan fingerprint density at radius 3 is 2.13 bits per heavy atom. The molecule has 8 nitrogen and oxygen atoms in total. The summed E-state index contributed by atoms with van der Waals surface area (Å²) in [6.45, 7) is 0.362. The number of nitrogens with one attached hydrogen (secondary N) is 1. The fourth-order valence-electron chi connectivity index (χ4n) is 1.58. The quantitative estimate of drug-likeness (QED) is 0.217. The van der Waals surface area contributed by atoms with Crippen LogP contribution in [0.3, 0.4) is 0 Å². The zero-order valence-corrected chi connectivity index (χ0v) is 18.9. The number of hydrogen-bond acceptors (Lipinski definition) is 6. The summed E-state index contributed by atoms with van der Waals surface area (Å²) in [5.74, 6) is 0.696. The van der Waals surface area contributed by atoms with Crippen molar-refractivity contribution in [1.82, 2.24) is 5.32 Å². The minimum atomic E-state index is -5.41. The summed E-state index contributed by atoms with van der Waals surface area (Å²) in [7, 11) is -10.4. The van der Waals surface area contributed by atoms with Crippen LogP contribution in [-0.2, 0) is 9.13 Å². The number of hydrogen-bond donors (Lipinski definition) is 3. The van der Waals surface area contributed by atoms with Crippen molar-refractivity contribution in [2.45, 2.75) is 18.4 Å². The van der Waals surface area contributed by atoms with E-state index in [-0.39, 0.29) is 65.7 Å². The summed E-state index contributed by atoms with van der Waals surface area (Å²) < 4.78 is 27.1. The van der Waals surface area contributed by atoms with Gasteiger partial charge in [-0.15, -0.1) is 0 Å². The maximum atomic E-state index is 10.9.